The summed E-state index contributed by atoms with van der Waals surface area (Å²) in [6.07, 6.45) is 6.08. The summed E-state index contributed by atoms with van der Waals surface area (Å²) >= 11 is 6.02. The predicted molar refractivity (Wildman–Crippen MR) is 131 cm³/mol. The standard InChI is InChI=1S/C22H34ClN3O4S.ClH/c1-3-15-31(28,29)26-13-11-25(12-14-26)22(9-5-4-6-10-22)17-24-21(27)19-8-7-18(23)16-20(19)30-2;/h7-8,16H,3-6,9-15,17H2,1-2H3,(H,24,27);1H. The molecule has 0 radical (unpaired) electrons. The van der Waals surface area contributed by atoms with Gasteiger partial charge < -0.3 is 10.1 Å². The highest BCUT2D eigenvalue weighted by molar-refractivity contribution is 7.89. The maximum absolute atomic E-state index is 12.9. The molecule has 182 valence electrons. The lowest BCUT2D eigenvalue weighted by molar-refractivity contribution is 0.0240. The van der Waals surface area contributed by atoms with E-state index in [0.717, 1.165) is 25.7 Å². The van der Waals surface area contributed by atoms with Crippen molar-refractivity contribution in [1.29, 1.82) is 0 Å². The van der Waals surface area contributed by atoms with Crippen molar-refractivity contribution in [2.45, 2.75) is 51.0 Å². The predicted octanol–water partition coefficient (Wildman–Crippen LogP) is 3.56. The molecule has 0 bridgehead atoms. The molecule has 10 heteroatoms. The second kappa shape index (κ2) is 11.9. The molecular weight excluding hydrogens is 473 g/mol. The van der Waals surface area contributed by atoms with Gasteiger partial charge in [0.25, 0.3) is 5.91 Å². The van der Waals surface area contributed by atoms with E-state index in [0.29, 0.717) is 55.5 Å². The van der Waals surface area contributed by atoms with Crippen LogP contribution in [-0.4, -0.2) is 74.7 Å². The summed E-state index contributed by atoms with van der Waals surface area (Å²) in [4.78, 5) is 15.3. The third-order valence-corrected chi connectivity index (χ3v) is 8.85. The number of nitrogens with zero attached hydrogens (tertiary/aromatic N) is 2. The van der Waals surface area contributed by atoms with Gasteiger partial charge in [0.05, 0.1) is 18.4 Å². The van der Waals surface area contributed by atoms with Crippen LogP contribution in [-0.2, 0) is 10.0 Å². The topological polar surface area (TPSA) is 79.0 Å². The van der Waals surface area contributed by atoms with Crippen molar-refractivity contribution in [3.05, 3.63) is 28.8 Å². The summed E-state index contributed by atoms with van der Waals surface area (Å²) in [6, 6.07) is 5.01. The van der Waals surface area contributed by atoms with Crippen LogP contribution in [0.2, 0.25) is 5.02 Å². The molecule has 1 aliphatic heterocycles. The fourth-order valence-electron chi connectivity index (χ4n) is 4.84. The van der Waals surface area contributed by atoms with E-state index in [4.69, 9.17) is 16.3 Å². The maximum atomic E-state index is 12.9. The number of ether oxygens (including phenoxy) is 1. The molecule has 0 spiro atoms. The fraction of sp³-hybridized carbons (Fsp3) is 0.682. The first-order valence-electron chi connectivity index (χ1n) is 11.2. The Morgan fingerprint density at radius 3 is 2.41 bits per heavy atom. The van der Waals surface area contributed by atoms with Crippen molar-refractivity contribution in [3.63, 3.8) is 0 Å². The van der Waals surface area contributed by atoms with Gasteiger partial charge in [-0.15, -0.1) is 12.4 Å². The van der Waals surface area contributed by atoms with Gasteiger partial charge in [0, 0.05) is 43.3 Å². The number of piperazine rings is 1. The molecule has 1 N–H and O–H groups in total. The van der Waals surface area contributed by atoms with Crippen molar-refractivity contribution in [2.75, 3.05) is 45.6 Å². The van der Waals surface area contributed by atoms with Crippen molar-refractivity contribution >= 4 is 39.9 Å². The molecule has 3 rings (SSSR count). The van der Waals surface area contributed by atoms with Crippen molar-refractivity contribution in [2.24, 2.45) is 0 Å². The molecule has 1 saturated carbocycles. The van der Waals surface area contributed by atoms with Crippen LogP contribution in [0, 0.1) is 0 Å². The summed E-state index contributed by atoms with van der Waals surface area (Å²) < 4.78 is 31.8. The Morgan fingerprint density at radius 2 is 1.81 bits per heavy atom. The van der Waals surface area contributed by atoms with Crippen LogP contribution in [0.5, 0.6) is 5.75 Å². The third-order valence-electron chi connectivity index (χ3n) is 6.54. The van der Waals surface area contributed by atoms with Crippen molar-refractivity contribution in [1.82, 2.24) is 14.5 Å². The Labute approximate surface area is 203 Å². The second-order valence-electron chi connectivity index (χ2n) is 8.51. The summed E-state index contributed by atoms with van der Waals surface area (Å²) in [7, 11) is -1.64. The van der Waals surface area contributed by atoms with Gasteiger partial charge in [0.2, 0.25) is 10.0 Å². The number of carbonyl (C=O) groups excluding carboxylic acids is 1. The largest absolute Gasteiger partial charge is 0.496 e. The Bertz CT molecular complexity index is 868. The zero-order chi connectivity index (χ0) is 22.5. The average Bonchev–Trinajstić information content (AvgIpc) is 2.78. The van der Waals surface area contributed by atoms with Gasteiger partial charge in [0.1, 0.15) is 5.75 Å². The Morgan fingerprint density at radius 1 is 1.16 bits per heavy atom. The highest BCUT2D eigenvalue weighted by Gasteiger charge is 2.41. The Kier molecular flexibility index (Phi) is 10.1. The van der Waals surface area contributed by atoms with Crippen LogP contribution in [0.1, 0.15) is 55.8 Å². The molecule has 1 saturated heterocycles. The van der Waals surface area contributed by atoms with E-state index in [9.17, 15) is 13.2 Å². The van der Waals surface area contributed by atoms with Gasteiger partial charge in [-0.2, -0.15) is 4.31 Å². The Hall–Kier alpha value is -1.06. The third kappa shape index (κ3) is 6.29. The first-order chi connectivity index (χ1) is 14.8. The van der Waals surface area contributed by atoms with Crippen LogP contribution >= 0.6 is 24.0 Å². The van der Waals surface area contributed by atoms with E-state index in [2.05, 4.69) is 10.2 Å². The number of halogens is 2. The molecule has 7 nitrogen and oxygen atoms in total. The second-order valence-corrected chi connectivity index (χ2v) is 11.0. The summed E-state index contributed by atoms with van der Waals surface area (Å²) in [5, 5.41) is 3.65. The molecule has 0 aromatic heterocycles. The Balaban J connectivity index is 0.00000363. The maximum Gasteiger partial charge on any atom is 0.255 e. The van der Waals surface area contributed by atoms with E-state index in [1.165, 1.54) is 13.5 Å². The molecule has 32 heavy (non-hydrogen) atoms. The number of hydrogen-bond acceptors (Lipinski definition) is 5. The zero-order valence-corrected chi connectivity index (χ0v) is 21.3. The van der Waals surface area contributed by atoms with Gasteiger partial charge in [-0.1, -0.05) is 37.8 Å². The number of hydrogen-bond donors (Lipinski definition) is 1. The van der Waals surface area contributed by atoms with Crippen LogP contribution < -0.4 is 10.1 Å². The van der Waals surface area contributed by atoms with E-state index in [1.54, 1.807) is 22.5 Å². The zero-order valence-electron chi connectivity index (χ0n) is 18.9. The van der Waals surface area contributed by atoms with Gasteiger partial charge >= 0.3 is 0 Å². The van der Waals surface area contributed by atoms with Crippen LogP contribution in [0.4, 0.5) is 0 Å². The summed E-state index contributed by atoms with van der Waals surface area (Å²) in [5.41, 5.74) is 0.335. The van der Waals surface area contributed by atoms with Gasteiger partial charge in [-0.3, -0.25) is 9.69 Å². The lowest BCUT2D eigenvalue weighted by Crippen LogP contribution is -2.62. The van der Waals surface area contributed by atoms with E-state index in [1.807, 2.05) is 6.92 Å². The normalized spacial score (nSPS) is 19.7. The molecule has 1 aromatic carbocycles. The first-order valence-corrected chi connectivity index (χ1v) is 13.1. The summed E-state index contributed by atoms with van der Waals surface area (Å²) in [5.74, 6) is 0.483. The molecule has 2 aliphatic rings. The molecule has 0 unspecified atom stereocenters. The van der Waals surface area contributed by atoms with E-state index >= 15 is 0 Å². The number of benzene rings is 1. The summed E-state index contributed by atoms with van der Waals surface area (Å²) in [6.45, 7) is 4.86. The minimum Gasteiger partial charge on any atom is -0.496 e. The van der Waals surface area contributed by atoms with Crippen LogP contribution in [0.3, 0.4) is 0 Å². The molecule has 1 aromatic rings. The smallest absolute Gasteiger partial charge is 0.255 e. The minimum absolute atomic E-state index is 0. The quantitative estimate of drug-likeness (QED) is 0.581. The highest BCUT2D eigenvalue weighted by atomic mass is 35.5. The number of methoxy groups -OCH3 is 1. The molecule has 0 atom stereocenters. The monoisotopic (exact) mass is 507 g/mol. The molecule has 1 amide bonds. The molecule has 1 aliphatic carbocycles. The average molecular weight is 509 g/mol. The van der Waals surface area contributed by atoms with Gasteiger partial charge in [-0.25, -0.2) is 8.42 Å². The molecular formula is C22H35Cl2N3O4S. The van der Waals surface area contributed by atoms with Crippen LogP contribution in [0.25, 0.3) is 0 Å². The molecule has 1 heterocycles. The lowest BCUT2D eigenvalue weighted by Gasteiger charge is -2.49. The van der Waals surface area contributed by atoms with E-state index in [-0.39, 0.29) is 29.6 Å². The van der Waals surface area contributed by atoms with E-state index < -0.39 is 10.0 Å². The SMILES string of the molecule is CCCS(=O)(=O)N1CCN(C2(CNC(=O)c3ccc(Cl)cc3OC)CCCCC2)CC1.Cl. The van der Waals surface area contributed by atoms with Crippen LogP contribution in [0.15, 0.2) is 18.2 Å². The molecule has 2 fully saturated rings. The lowest BCUT2D eigenvalue weighted by atomic mass is 9.79. The first kappa shape index (κ1) is 27.2. The highest BCUT2D eigenvalue weighted by Crippen LogP contribution is 2.34. The van der Waals surface area contributed by atoms with Crippen molar-refractivity contribution in [3.8, 4) is 5.75 Å². The number of amides is 1. The van der Waals surface area contributed by atoms with Crippen molar-refractivity contribution < 1.29 is 17.9 Å². The van der Waals surface area contributed by atoms with Gasteiger partial charge in [0.15, 0.2) is 0 Å². The van der Waals surface area contributed by atoms with Gasteiger partial charge in [-0.05, 0) is 37.5 Å². The number of rotatable bonds is 8. The fourth-order valence-corrected chi connectivity index (χ4v) is 6.49. The number of nitrogens with one attached hydrogen (secondary N) is 1. The number of sulfonamides is 1. The number of carbonyl (C=O) groups is 1. The minimum atomic E-state index is -3.17.